The van der Waals surface area contributed by atoms with Crippen LogP contribution in [0.25, 0.3) is 0 Å². The molecule has 12 heteroatoms. The van der Waals surface area contributed by atoms with E-state index >= 15 is 0 Å². The van der Waals surface area contributed by atoms with Crippen molar-refractivity contribution in [3.05, 3.63) is 128 Å². The van der Waals surface area contributed by atoms with Crippen LogP contribution in [0.15, 0.2) is 95.9 Å². The van der Waals surface area contributed by atoms with Crippen molar-refractivity contribution in [1.29, 1.82) is 0 Å². The Morgan fingerprint density at radius 3 is 2.15 bits per heavy atom. The molecule has 0 heterocycles. The van der Waals surface area contributed by atoms with Gasteiger partial charge in [0.1, 0.15) is 12.6 Å². The summed E-state index contributed by atoms with van der Waals surface area (Å²) in [7, 11) is -4.34. The van der Waals surface area contributed by atoms with Crippen molar-refractivity contribution in [2.24, 2.45) is 0 Å². The number of hydrogen-bond acceptors (Lipinski definition) is 4. The number of halogens is 4. The van der Waals surface area contributed by atoms with Crippen LogP contribution < -0.4 is 9.62 Å². The van der Waals surface area contributed by atoms with Crippen molar-refractivity contribution in [3.63, 3.8) is 0 Å². The fraction of sp³-hybridized carbons (Fsp3) is 0.278. The average molecular weight is 748 g/mol. The third-order valence-electron chi connectivity index (χ3n) is 8.37. The predicted molar refractivity (Wildman–Crippen MR) is 194 cm³/mol. The molecule has 1 aliphatic carbocycles. The lowest BCUT2D eigenvalue weighted by atomic mass is 10.0. The first-order valence-corrected chi connectivity index (χ1v) is 18.5. The molecule has 7 nitrogen and oxygen atoms in total. The second-order valence-electron chi connectivity index (χ2n) is 11.9. The van der Waals surface area contributed by atoms with Gasteiger partial charge in [-0.25, -0.2) is 8.42 Å². The molecule has 0 spiro atoms. The first kappa shape index (κ1) is 36.0. The third-order valence-corrected chi connectivity index (χ3v) is 11.4. The van der Waals surface area contributed by atoms with E-state index in [1.807, 2.05) is 37.3 Å². The Hall–Kier alpha value is -3.27. The van der Waals surface area contributed by atoms with Gasteiger partial charge in [-0.05, 0) is 73.4 Å². The summed E-state index contributed by atoms with van der Waals surface area (Å²) in [6, 6.07) is 24.0. The summed E-state index contributed by atoms with van der Waals surface area (Å²) in [5.41, 5.74) is 2.33. The number of rotatable bonds is 12. The molecule has 4 aromatic rings. The Bertz CT molecular complexity index is 1870. The van der Waals surface area contributed by atoms with Gasteiger partial charge in [0.05, 0.1) is 25.7 Å². The summed E-state index contributed by atoms with van der Waals surface area (Å²) in [4.78, 5) is 30.2. The van der Waals surface area contributed by atoms with E-state index in [0.29, 0.717) is 10.6 Å². The number of nitrogens with one attached hydrogen (secondary N) is 1. The minimum absolute atomic E-state index is 0.0126. The Kier molecular flexibility index (Phi) is 12.0. The molecule has 0 unspecified atom stereocenters. The summed E-state index contributed by atoms with van der Waals surface area (Å²) in [5, 5.41) is 4.09. The molecule has 48 heavy (non-hydrogen) atoms. The molecular weight excluding hydrogens is 712 g/mol. The van der Waals surface area contributed by atoms with Crippen LogP contribution in [0.1, 0.15) is 42.4 Å². The summed E-state index contributed by atoms with van der Waals surface area (Å²) in [6.07, 6.45) is 3.90. The smallest absolute Gasteiger partial charge is 0.264 e. The second kappa shape index (κ2) is 16.0. The molecule has 0 saturated heterocycles. The number of amides is 2. The third kappa shape index (κ3) is 8.84. The van der Waals surface area contributed by atoms with Gasteiger partial charge in [-0.1, -0.05) is 113 Å². The maximum Gasteiger partial charge on any atom is 0.264 e. The number of hydrogen-bond donors (Lipinski definition) is 1. The zero-order valence-electron chi connectivity index (χ0n) is 26.2. The standard InChI is InChI=1S/C36H35Cl4N3O4S/c1-24-11-15-29(16-12-24)48(46,47)43(33-21-27(37)14-18-31(33)39)23-35(44)42(22-26-13-17-30(38)32(40)19-26)34(20-25-7-3-2-4-8-25)36(45)41-28-9-5-6-10-28/h2-4,7-8,11-19,21,28,34H,5-6,9-10,20,22-23H2,1H3,(H,41,45)/t34-/m0/s1. The lowest BCUT2D eigenvalue weighted by Crippen LogP contribution is -2.54. The molecule has 1 atom stereocenters. The van der Waals surface area contributed by atoms with E-state index in [1.54, 1.807) is 30.3 Å². The van der Waals surface area contributed by atoms with Crippen molar-refractivity contribution in [3.8, 4) is 0 Å². The van der Waals surface area contributed by atoms with Crippen molar-refractivity contribution in [2.45, 2.75) is 62.6 Å². The van der Waals surface area contributed by atoms with Gasteiger partial charge in [0, 0.05) is 24.0 Å². The van der Waals surface area contributed by atoms with Crippen LogP contribution in [-0.2, 0) is 32.6 Å². The number of nitrogens with zero attached hydrogens (tertiary/aromatic N) is 2. The van der Waals surface area contributed by atoms with Gasteiger partial charge in [0.15, 0.2) is 0 Å². The lowest BCUT2D eigenvalue weighted by molar-refractivity contribution is -0.140. The molecule has 2 amide bonds. The van der Waals surface area contributed by atoms with Crippen LogP contribution in [-0.4, -0.2) is 43.8 Å². The number of sulfonamides is 1. The lowest BCUT2D eigenvalue weighted by Gasteiger charge is -2.34. The van der Waals surface area contributed by atoms with Crippen molar-refractivity contribution in [1.82, 2.24) is 10.2 Å². The Labute approximate surface area is 301 Å². The topological polar surface area (TPSA) is 86.8 Å². The number of carbonyl (C=O) groups excluding carboxylic acids is 2. The van der Waals surface area contributed by atoms with Crippen LogP contribution in [0.5, 0.6) is 0 Å². The molecule has 0 aliphatic heterocycles. The fourth-order valence-electron chi connectivity index (χ4n) is 5.78. The van der Waals surface area contributed by atoms with Crippen LogP contribution >= 0.6 is 46.4 Å². The SMILES string of the molecule is Cc1ccc(S(=O)(=O)N(CC(=O)N(Cc2ccc(Cl)c(Cl)c2)[C@@H](Cc2ccccc2)C(=O)NC2CCCC2)c2cc(Cl)ccc2Cl)cc1. The molecule has 4 aromatic carbocycles. The van der Waals surface area contributed by atoms with E-state index in [9.17, 15) is 18.0 Å². The van der Waals surface area contributed by atoms with Crippen LogP contribution in [0.4, 0.5) is 5.69 Å². The van der Waals surface area contributed by atoms with Crippen molar-refractivity contribution in [2.75, 3.05) is 10.8 Å². The summed E-state index contributed by atoms with van der Waals surface area (Å²) < 4.78 is 29.5. The van der Waals surface area contributed by atoms with E-state index in [-0.39, 0.29) is 50.6 Å². The highest BCUT2D eigenvalue weighted by Crippen LogP contribution is 2.34. The number of carbonyl (C=O) groups is 2. The van der Waals surface area contributed by atoms with Gasteiger partial charge >= 0.3 is 0 Å². The molecule has 1 aliphatic rings. The first-order valence-electron chi connectivity index (χ1n) is 15.5. The van der Waals surface area contributed by atoms with E-state index < -0.39 is 28.5 Å². The molecular formula is C36H35Cl4N3O4S. The van der Waals surface area contributed by atoms with Crippen LogP contribution in [0.3, 0.4) is 0 Å². The van der Waals surface area contributed by atoms with E-state index in [1.165, 1.54) is 35.2 Å². The Morgan fingerprint density at radius 2 is 1.48 bits per heavy atom. The molecule has 0 aromatic heterocycles. The largest absolute Gasteiger partial charge is 0.352 e. The minimum Gasteiger partial charge on any atom is -0.352 e. The Morgan fingerprint density at radius 1 is 0.812 bits per heavy atom. The van der Waals surface area contributed by atoms with Gasteiger partial charge in [0.25, 0.3) is 10.0 Å². The summed E-state index contributed by atoms with van der Waals surface area (Å²) >= 11 is 25.5. The predicted octanol–water partition coefficient (Wildman–Crippen LogP) is 8.50. The summed E-state index contributed by atoms with van der Waals surface area (Å²) in [5.74, 6) is -0.955. The monoisotopic (exact) mass is 745 g/mol. The molecule has 5 rings (SSSR count). The van der Waals surface area contributed by atoms with E-state index in [2.05, 4.69) is 5.32 Å². The minimum atomic E-state index is -4.34. The van der Waals surface area contributed by atoms with Crippen LogP contribution in [0, 0.1) is 6.92 Å². The second-order valence-corrected chi connectivity index (χ2v) is 15.4. The Balaban J connectivity index is 1.60. The van der Waals surface area contributed by atoms with Crippen molar-refractivity contribution < 1.29 is 18.0 Å². The van der Waals surface area contributed by atoms with Gasteiger partial charge in [-0.15, -0.1) is 0 Å². The number of benzene rings is 4. The number of anilines is 1. The normalized spacial score (nSPS) is 14.0. The zero-order chi connectivity index (χ0) is 34.4. The van der Waals surface area contributed by atoms with Gasteiger partial charge in [-0.2, -0.15) is 0 Å². The highest BCUT2D eigenvalue weighted by atomic mass is 35.5. The van der Waals surface area contributed by atoms with Gasteiger partial charge in [-0.3, -0.25) is 13.9 Å². The van der Waals surface area contributed by atoms with Gasteiger partial charge < -0.3 is 10.2 Å². The van der Waals surface area contributed by atoms with E-state index in [0.717, 1.165) is 41.1 Å². The highest BCUT2D eigenvalue weighted by molar-refractivity contribution is 7.92. The maximum atomic E-state index is 14.7. The quantitative estimate of drug-likeness (QED) is 0.158. The van der Waals surface area contributed by atoms with Gasteiger partial charge in [0.2, 0.25) is 11.8 Å². The van der Waals surface area contributed by atoms with Crippen molar-refractivity contribution >= 4 is 73.9 Å². The van der Waals surface area contributed by atoms with E-state index in [4.69, 9.17) is 46.4 Å². The average Bonchev–Trinajstić information content (AvgIpc) is 3.58. The molecule has 0 radical (unpaired) electrons. The maximum absolute atomic E-state index is 14.7. The summed E-state index contributed by atoms with van der Waals surface area (Å²) in [6.45, 7) is 1.13. The molecule has 0 bridgehead atoms. The highest BCUT2D eigenvalue weighted by Gasteiger charge is 2.36. The molecule has 1 N–H and O–H groups in total. The molecule has 252 valence electrons. The van der Waals surface area contributed by atoms with Crippen LogP contribution in [0.2, 0.25) is 20.1 Å². The molecule has 1 saturated carbocycles. The molecule has 1 fully saturated rings. The zero-order valence-corrected chi connectivity index (χ0v) is 30.1. The number of aryl methyl sites for hydroxylation is 1. The first-order chi connectivity index (χ1) is 22.9. The fourth-order valence-corrected chi connectivity index (χ4v) is 7.97.